The Balaban J connectivity index is -0.00000288. The van der Waals surface area contributed by atoms with E-state index in [4.69, 9.17) is 20.4 Å². The first kappa shape index (κ1) is 27.3. The predicted molar refractivity (Wildman–Crippen MR) is 73.8 cm³/mol. The van der Waals surface area contributed by atoms with Gasteiger partial charge in [0.2, 0.25) is 6.29 Å². The van der Waals surface area contributed by atoms with Crippen molar-refractivity contribution in [1.82, 2.24) is 0 Å². The number of hydrogen-bond donors (Lipinski definition) is 9. The number of carbonyl (C=O) groups excluding carboxylic acids is 1. The molecule has 0 radical (unpaired) electrons. The van der Waals surface area contributed by atoms with Crippen LogP contribution >= 0.6 is 0 Å². The van der Waals surface area contributed by atoms with E-state index in [1.165, 1.54) is 0 Å². The second-order valence-electron chi connectivity index (χ2n) is 5.19. The Morgan fingerprint density at radius 3 is 1.81 bits per heavy atom. The average Bonchev–Trinajstić information content (AvgIpc) is 2.50. The Kier molecular flexibility index (Phi) is 12.4. The van der Waals surface area contributed by atoms with Crippen molar-refractivity contribution >= 4 is 17.9 Å². The summed E-state index contributed by atoms with van der Waals surface area (Å²) in [4.78, 5) is 32.9. The molecule has 9 N–H and O–H groups in total. The van der Waals surface area contributed by atoms with Crippen LogP contribution in [0.1, 0.15) is 14.3 Å². The standard InChI is InChI=1S/C12H20O13.Na.H/c13-3-4(14)7(18)8(19)9(20)10(21)25-6(17)2-12(24,11(22)23)1-5(15)16;;/h4,7-10,13-14,18-21,24H,1-3H2,(H,15,16)(H,22,23);;/q;+1;-1/t4-,7-,8+,9+,10?,12?;;/m1../s1. The van der Waals surface area contributed by atoms with E-state index in [1.54, 1.807) is 0 Å². The molecule has 6 atom stereocenters. The van der Waals surface area contributed by atoms with Gasteiger partial charge in [-0.15, -0.1) is 0 Å². The van der Waals surface area contributed by atoms with E-state index >= 15 is 0 Å². The van der Waals surface area contributed by atoms with Crippen molar-refractivity contribution in [2.75, 3.05) is 6.61 Å². The summed E-state index contributed by atoms with van der Waals surface area (Å²) in [6, 6.07) is 0. The number of carboxylic acids is 2. The van der Waals surface area contributed by atoms with Crippen molar-refractivity contribution in [3.8, 4) is 0 Å². The molecule has 0 rings (SSSR count). The third-order valence-corrected chi connectivity index (χ3v) is 3.10. The fourth-order valence-corrected chi connectivity index (χ4v) is 1.66. The van der Waals surface area contributed by atoms with Crippen LogP contribution in [0.2, 0.25) is 0 Å². The first-order chi connectivity index (χ1) is 11.4. The predicted octanol–water partition coefficient (Wildman–Crippen LogP) is -7.92. The fourth-order valence-electron chi connectivity index (χ4n) is 1.66. The molecule has 2 unspecified atom stereocenters. The molecular weight excluding hydrogens is 375 g/mol. The van der Waals surface area contributed by atoms with E-state index in [1.807, 2.05) is 0 Å². The largest absolute Gasteiger partial charge is 1.00 e. The molecule has 0 bridgehead atoms. The molecule has 0 fully saturated rings. The summed E-state index contributed by atoms with van der Waals surface area (Å²) in [6.07, 6.45) is -14.0. The van der Waals surface area contributed by atoms with Crippen LogP contribution in [0.15, 0.2) is 0 Å². The first-order valence-corrected chi connectivity index (χ1v) is 6.74. The number of carbonyl (C=O) groups is 3. The number of ether oxygens (including phenoxy) is 1. The first-order valence-electron chi connectivity index (χ1n) is 6.74. The van der Waals surface area contributed by atoms with Gasteiger partial charge in [-0.25, -0.2) is 4.79 Å². The summed E-state index contributed by atoms with van der Waals surface area (Å²) in [5.41, 5.74) is -3.04. The molecule has 0 aliphatic carbocycles. The van der Waals surface area contributed by atoms with E-state index in [9.17, 15) is 39.9 Å². The Hall–Kier alpha value is -0.870. The summed E-state index contributed by atoms with van der Waals surface area (Å²) < 4.78 is 4.16. The SMILES string of the molecule is O=C(O)CC(O)(CC(=O)OC(O)[C@@H](O)[C@@H](O)[C@H](O)[C@H](O)CO)C(=O)O.[H-].[Na+]. The Bertz CT molecular complexity index is 492. The van der Waals surface area contributed by atoms with E-state index < -0.39 is 73.7 Å². The van der Waals surface area contributed by atoms with Crippen LogP contribution in [0.4, 0.5) is 0 Å². The van der Waals surface area contributed by atoms with Crippen LogP contribution in [0, 0.1) is 0 Å². The Morgan fingerprint density at radius 1 is 0.923 bits per heavy atom. The second-order valence-corrected chi connectivity index (χ2v) is 5.19. The zero-order valence-corrected chi connectivity index (χ0v) is 15.7. The third-order valence-electron chi connectivity index (χ3n) is 3.10. The van der Waals surface area contributed by atoms with E-state index in [0.29, 0.717) is 0 Å². The fraction of sp³-hybridized carbons (Fsp3) is 0.750. The number of esters is 1. The zero-order chi connectivity index (χ0) is 19.9. The minimum absolute atomic E-state index is 0. The van der Waals surface area contributed by atoms with Gasteiger partial charge >= 0.3 is 47.5 Å². The quantitative estimate of drug-likeness (QED) is 0.0896. The van der Waals surface area contributed by atoms with Crippen molar-refractivity contribution in [1.29, 1.82) is 0 Å². The van der Waals surface area contributed by atoms with Crippen molar-refractivity contribution in [2.45, 2.75) is 49.1 Å². The number of carboxylic acid groups (broad SMARTS) is 2. The molecule has 0 amide bonds. The molecule has 148 valence electrons. The smallest absolute Gasteiger partial charge is 1.00 e. The Labute approximate surface area is 169 Å². The van der Waals surface area contributed by atoms with Crippen LogP contribution < -0.4 is 29.6 Å². The van der Waals surface area contributed by atoms with Crippen LogP contribution in [0.3, 0.4) is 0 Å². The van der Waals surface area contributed by atoms with Gasteiger partial charge < -0.3 is 52.1 Å². The number of aliphatic hydroxyl groups excluding tert-OH is 6. The van der Waals surface area contributed by atoms with Crippen LogP contribution in [0.5, 0.6) is 0 Å². The van der Waals surface area contributed by atoms with Gasteiger partial charge in [-0.2, -0.15) is 0 Å². The van der Waals surface area contributed by atoms with Gasteiger partial charge in [0, 0.05) is 0 Å². The molecule has 0 aromatic heterocycles. The molecule has 0 spiro atoms. The molecule has 14 heteroatoms. The van der Waals surface area contributed by atoms with Gasteiger partial charge in [0.05, 0.1) is 19.4 Å². The summed E-state index contributed by atoms with van der Waals surface area (Å²) in [5, 5.41) is 82.3. The third kappa shape index (κ3) is 8.22. The van der Waals surface area contributed by atoms with Gasteiger partial charge in [-0.05, 0) is 0 Å². The molecule has 0 aliphatic rings. The summed E-state index contributed by atoms with van der Waals surface area (Å²) in [7, 11) is 0. The van der Waals surface area contributed by atoms with E-state index in [0.717, 1.165) is 0 Å². The maximum Gasteiger partial charge on any atom is 1.00 e. The van der Waals surface area contributed by atoms with Crippen molar-refractivity contribution in [3.63, 3.8) is 0 Å². The van der Waals surface area contributed by atoms with Gasteiger partial charge in [-0.3, -0.25) is 9.59 Å². The van der Waals surface area contributed by atoms with Crippen molar-refractivity contribution < 1.29 is 96.1 Å². The molecule has 0 aromatic rings. The monoisotopic (exact) mass is 396 g/mol. The molecule has 0 saturated heterocycles. The summed E-state index contributed by atoms with van der Waals surface area (Å²) >= 11 is 0. The molecule has 26 heavy (non-hydrogen) atoms. The van der Waals surface area contributed by atoms with Crippen LogP contribution in [-0.4, -0.2) is 107 Å². The van der Waals surface area contributed by atoms with Crippen LogP contribution in [-0.2, 0) is 19.1 Å². The minimum atomic E-state index is -3.04. The maximum absolute atomic E-state index is 11.5. The summed E-state index contributed by atoms with van der Waals surface area (Å²) in [6.45, 7) is -0.998. The van der Waals surface area contributed by atoms with Gasteiger partial charge in [0.25, 0.3) is 0 Å². The number of hydrogen-bond acceptors (Lipinski definition) is 11. The van der Waals surface area contributed by atoms with Crippen molar-refractivity contribution in [2.24, 2.45) is 0 Å². The molecular formula is C12H21NaO13. The van der Waals surface area contributed by atoms with Crippen molar-refractivity contribution in [3.05, 3.63) is 0 Å². The van der Waals surface area contributed by atoms with Gasteiger partial charge in [0.15, 0.2) is 5.60 Å². The molecule has 13 nitrogen and oxygen atoms in total. The molecule has 0 aromatic carbocycles. The molecule has 0 aliphatic heterocycles. The molecule has 0 heterocycles. The van der Waals surface area contributed by atoms with E-state index in [-0.39, 0.29) is 31.0 Å². The Morgan fingerprint density at radius 2 is 1.42 bits per heavy atom. The summed E-state index contributed by atoms with van der Waals surface area (Å²) in [5.74, 6) is -5.43. The maximum atomic E-state index is 11.5. The number of aliphatic carboxylic acids is 2. The topological polar surface area (TPSA) is 243 Å². The average molecular weight is 396 g/mol. The number of aliphatic hydroxyl groups is 7. The van der Waals surface area contributed by atoms with Crippen LogP contribution in [0.25, 0.3) is 0 Å². The van der Waals surface area contributed by atoms with E-state index in [2.05, 4.69) is 4.74 Å². The minimum Gasteiger partial charge on any atom is -1.00 e. The molecule has 0 saturated carbocycles. The second kappa shape index (κ2) is 11.8. The zero-order valence-electron chi connectivity index (χ0n) is 14.7. The van der Waals surface area contributed by atoms with Gasteiger partial charge in [-0.1, -0.05) is 0 Å². The van der Waals surface area contributed by atoms with Gasteiger partial charge in [0.1, 0.15) is 24.4 Å². The number of rotatable bonds is 11. The normalized spacial score (nSPS) is 19.0.